The summed E-state index contributed by atoms with van der Waals surface area (Å²) in [6.45, 7) is 1.12. The smallest absolute Gasteiger partial charge is 0.381 e. The van der Waals surface area contributed by atoms with Crippen LogP contribution in [0, 0.1) is 0 Å². The standard InChI is InChI=1S/C9H10F3NO2/c10-9(11,12)8-5-7(15-13-8)6-1-3-14-4-2-6/h5-6H,1-4H2. The van der Waals surface area contributed by atoms with E-state index < -0.39 is 11.9 Å². The molecule has 0 unspecified atom stereocenters. The average Bonchev–Trinajstić information content (AvgIpc) is 2.67. The molecule has 1 fully saturated rings. The first-order chi connectivity index (χ1) is 7.07. The van der Waals surface area contributed by atoms with Crippen LogP contribution in [-0.4, -0.2) is 18.4 Å². The Labute approximate surface area is 84.2 Å². The van der Waals surface area contributed by atoms with E-state index in [0.717, 1.165) is 6.07 Å². The maximum Gasteiger partial charge on any atom is 0.436 e. The van der Waals surface area contributed by atoms with Crippen molar-refractivity contribution < 1.29 is 22.4 Å². The minimum Gasteiger partial charge on any atom is -0.381 e. The van der Waals surface area contributed by atoms with Crippen molar-refractivity contribution in [3.63, 3.8) is 0 Å². The van der Waals surface area contributed by atoms with Crippen LogP contribution in [-0.2, 0) is 10.9 Å². The van der Waals surface area contributed by atoms with Crippen LogP contribution < -0.4 is 0 Å². The van der Waals surface area contributed by atoms with E-state index in [4.69, 9.17) is 9.26 Å². The molecule has 1 aromatic rings. The van der Waals surface area contributed by atoms with E-state index in [1.165, 1.54) is 0 Å². The quantitative estimate of drug-likeness (QED) is 0.731. The Morgan fingerprint density at radius 1 is 1.27 bits per heavy atom. The zero-order valence-electron chi connectivity index (χ0n) is 7.88. The summed E-state index contributed by atoms with van der Waals surface area (Å²) in [4.78, 5) is 0. The first kappa shape index (κ1) is 10.5. The summed E-state index contributed by atoms with van der Waals surface area (Å²) in [7, 11) is 0. The minimum atomic E-state index is -4.42. The van der Waals surface area contributed by atoms with Gasteiger partial charge in [-0.05, 0) is 12.8 Å². The van der Waals surface area contributed by atoms with E-state index in [0.29, 0.717) is 31.8 Å². The van der Waals surface area contributed by atoms with Crippen LogP contribution in [0.1, 0.15) is 30.2 Å². The van der Waals surface area contributed by atoms with Crippen molar-refractivity contribution >= 4 is 0 Å². The molecule has 1 aliphatic heterocycles. The zero-order valence-corrected chi connectivity index (χ0v) is 7.88. The summed E-state index contributed by atoms with van der Waals surface area (Å²) < 4.78 is 46.5. The lowest BCUT2D eigenvalue weighted by Crippen LogP contribution is -2.13. The molecular weight excluding hydrogens is 211 g/mol. The monoisotopic (exact) mass is 221 g/mol. The van der Waals surface area contributed by atoms with Crippen LogP contribution in [0.25, 0.3) is 0 Å². The summed E-state index contributed by atoms with van der Waals surface area (Å²) >= 11 is 0. The van der Waals surface area contributed by atoms with Crippen molar-refractivity contribution in [2.45, 2.75) is 24.9 Å². The van der Waals surface area contributed by atoms with Crippen LogP contribution in [0.2, 0.25) is 0 Å². The molecule has 3 nitrogen and oxygen atoms in total. The van der Waals surface area contributed by atoms with Crippen LogP contribution in [0.5, 0.6) is 0 Å². The highest BCUT2D eigenvalue weighted by molar-refractivity contribution is 5.12. The van der Waals surface area contributed by atoms with E-state index in [1.54, 1.807) is 0 Å². The molecule has 0 radical (unpaired) electrons. The van der Waals surface area contributed by atoms with Gasteiger partial charge in [0.25, 0.3) is 0 Å². The normalized spacial score (nSPS) is 19.4. The lowest BCUT2D eigenvalue weighted by Gasteiger charge is -2.18. The molecule has 0 saturated carbocycles. The zero-order chi connectivity index (χ0) is 10.9. The van der Waals surface area contributed by atoms with Gasteiger partial charge < -0.3 is 9.26 Å². The number of alkyl halides is 3. The second-order valence-electron chi connectivity index (χ2n) is 3.50. The summed E-state index contributed by atoms with van der Waals surface area (Å²) in [5.74, 6) is 0.313. The van der Waals surface area contributed by atoms with E-state index >= 15 is 0 Å². The second kappa shape index (κ2) is 3.84. The molecule has 0 aromatic carbocycles. The first-order valence-corrected chi connectivity index (χ1v) is 4.69. The van der Waals surface area contributed by atoms with Gasteiger partial charge >= 0.3 is 6.18 Å². The highest BCUT2D eigenvalue weighted by atomic mass is 19.4. The highest BCUT2D eigenvalue weighted by Crippen LogP contribution is 2.33. The number of rotatable bonds is 1. The molecule has 0 amide bonds. The lowest BCUT2D eigenvalue weighted by molar-refractivity contribution is -0.142. The Kier molecular flexibility index (Phi) is 2.68. The van der Waals surface area contributed by atoms with Crippen LogP contribution in [0.3, 0.4) is 0 Å². The molecule has 0 bridgehead atoms. The van der Waals surface area contributed by atoms with Gasteiger partial charge in [0.1, 0.15) is 5.76 Å². The van der Waals surface area contributed by atoms with Crippen molar-refractivity contribution in [2.75, 3.05) is 13.2 Å². The van der Waals surface area contributed by atoms with Gasteiger partial charge in [-0.2, -0.15) is 13.2 Å². The highest BCUT2D eigenvalue weighted by Gasteiger charge is 2.36. The average molecular weight is 221 g/mol. The predicted octanol–water partition coefficient (Wildman–Crippen LogP) is 2.59. The van der Waals surface area contributed by atoms with Crippen molar-refractivity contribution in [1.82, 2.24) is 5.16 Å². The Morgan fingerprint density at radius 3 is 2.47 bits per heavy atom. The maximum absolute atomic E-state index is 12.2. The molecular formula is C9H10F3NO2. The Bertz CT molecular complexity index is 328. The molecule has 1 saturated heterocycles. The molecule has 6 heteroatoms. The summed E-state index contributed by atoms with van der Waals surface area (Å²) in [5, 5.41) is 3.02. The fraction of sp³-hybridized carbons (Fsp3) is 0.667. The first-order valence-electron chi connectivity index (χ1n) is 4.69. The third-order valence-electron chi connectivity index (χ3n) is 2.44. The number of ether oxygens (including phenoxy) is 1. The van der Waals surface area contributed by atoms with Gasteiger partial charge in [0.2, 0.25) is 0 Å². The van der Waals surface area contributed by atoms with E-state index in [-0.39, 0.29) is 5.92 Å². The molecule has 2 heterocycles. The van der Waals surface area contributed by atoms with E-state index in [1.807, 2.05) is 0 Å². The van der Waals surface area contributed by atoms with Crippen molar-refractivity contribution in [1.29, 1.82) is 0 Å². The minimum absolute atomic E-state index is 0.00218. The second-order valence-corrected chi connectivity index (χ2v) is 3.50. The summed E-state index contributed by atoms with van der Waals surface area (Å²) in [5.41, 5.74) is -0.955. The number of hydrogen-bond donors (Lipinski definition) is 0. The topological polar surface area (TPSA) is 35.3 Å². The third kappa shape index (κ3) is 2.31. The van der Waals surface area contributed by atoms with Gasteiger partial charge in [0.15, 0.2) is 5.69 Å². The van der Waals surface area contributed by atoms with Gasteiger partial charge in [0, 0.05) is 25.2 Å². The van der Waals surface area contributed by atoms with Crippen molar-refractivity contribution in [2.24, 2.45) is 0 Å². The number of halogens is 3. The molecule has 0 N–H and O–H groups in total. The van der Waals surface area contributed by atoms with E-state index in [9.17, 15) is 13.2 Å². The van der Waals surface area contributed by atoms with Gasteiger partial charge in [-0.15, -0.1) is 0 Å². The number of hydrogen-bond acceptors (Lipinski definition) is 3. The predicted molar refractivity (Wildman–Crippen MR) is 44.3 cm³/mol. The molecule has 1 aliphatic rings. The Balaban J connectivity index is 2.12. The fourth-order valence-electron chi connectivity index (χ4n) is 1.60. The van der Waals surface area contributed by atoms with Crippen LogP contribution >= 0.6 is 0 Å². The van der Waals surface area contributed by atoms with Crippen LogP contribution in [0.15, 0.2) is 10.6 Å². The molecule has 0 spiro atoms. The Hall–Kier alpha value is -1.04. The largest absolute Gasteiger partial charge is 0.436 e. The molecule has 0 atom stereocenters. The van der Waals surface area contributed by atoms with Crippen LogP contribution in [0.4, 0.5) is 13.2 Å². The van der Waals surface area contributed by atoms with Gasteiger partial charge in [-0.1, -0.05) is 5.16 Å². The molecule has 84 valence electrons. The van der Waals surface area contributed by atoms with Crippen molar-refractivity contribution in [3.8, 4) is 0 Å². The summed E-state index contributed by atoms with van der Waals surface area (Å²) in [6.07, 6.45) is -3.05. The fourth-order valence-corrected chi connectivity index (χ4v) is 1.60. The Morgan fingerprint density at radius 2 is 1.93 bits per heavy atom. The number of nitrogens with zero attached hydrogens (tertiary/aromatic N) is 1. The number of aromatic nitrogens is 1. The van der Waals surface area contributed by atoms with Crippen molar-refractivity contribution in [3.05, 3.63) is 17.5 Å². The third-order valence-corrected chi connectivity index (χ3v) is 2.44. The van der Waals surface area contributed by atoms with Gasteiger partial charge in [-0.3, -0.25) is 0 Å². The molecule has 0 aliphatic carbocycles. The molecule has 1 aromatic heterocycles. The maximum atomic E-state index is 12.2. The molecule has 2 rings (SSSR count). The summed E-state index contributed by atoms with van der Waals surface area (Å²) in [6, 6.07) is 0.982. The lowest BCUT2D eigenvalue weighted by atomic mass is 9.97. The molecule has 15 heavy (non-hydrogen) atoms. The van der Waals surface area contributed by atoms with Gasteiger partial charge in [-0.25, -0.2) is 0 Å². The van der Waals surface area contributed by atoms with Gasteiger partial charge in [0.05, 0.1) is 0 Å². The van der Waals surface area contributed by atoms with E-state index in [2.05, 4.69) is 5.16 Å². The SMILES string of the molecule is FC(F)(F)c1cc(C2CCOCC2)on1.